The largest absolute Gasteiger partial charge is 0.326 e. The van der Waals surface area contributed by atoms with Gasteiger partial charge in [0.1, 0.15) is 0 Å². The van der Waals surface area contributed by atoms with Crippen molar-refractivity contribution in [3.63, 3.8) is 0 Å². The molecule has 0 saturated carbocycles. The number of likely N-dealkylation sites (N-methyl/N-ethyl adjacent to an activating group) is 1. The molecule has 4 heteroatoms. The van der Waals surface area contributed by atoms with E-state index in [0.717, 1.165) is 28.3 Å². The molecular weight excluding hydrogens is 314 g/mol. The number of hydrogen-bond donors (Lipinski definition) is 1. The average molecular weight is 334 g/mol. The van der Waals surface area contributed by atoms with Crippen LogP contribution in [0, 0.1) is 0 Å². The molecule has 1 saturated heterocycles. The summed E-state index contributed by atoms with van der Waals surface area (Å²) in [5.74, 6) is 0. The van der Waals surface area contributed by atoms with E-state index in [1.165, 1.54) is 18.4 Å². The van der Waals surface area contributed by atoms with Crippen LogP contribution >= 0.6 is 15.9 Å². The van der Waals surface area contributed by atoms with Crippen LogP contribution in [0.5, 0.6) is 0 Å². The molecule has 2 N–H and O–H groups in total. The van der Waals surface area contributed by atoms with E-state index in [0.29, 0.717) is 0 Å². The first-order valence-corrected chi connectivity index (χ1v) is 7.97. The normalized spacial score (nSPS) is 24.8. The van der Waals surface area contributed by atoms with Crippen LogP contribution in [0.1, 0.15) is 30.9 Å². The van der Waals surface area contributed by atoms with E-state index in [4.69, 9.17) is 5.73 Å². The van der Waals surface area contributed by atoms with Crippen molar-refractivity contribution in [2.24, 2.45) is 5.73 Å². The number of aromatic nitrogens is 1. The molecule has 1 fully saturated rings. The number of benzene rings is 1. The number of fused-ring (bicyclic) bond motifs is 1. The molecule has 0 amide bonds. The van der Waals surface area contributed by atoms with E-state index in [1.54, 1.807) is 0 Å². The number of halogens is 1. The van der Waals surface area contributed by atoms with Gasteiger partial charge in [0, 0.05) is 22.1 Å². The quantitative estimate of drug-likeness (QED) is 0.868. The van der Waals surface area contributed by atoms with Crippen LogP contribution in [-0.2, 0) is 0 Å². The Bertz CT molecular complexity index is 602. The van der Waals surface area contributed by atoms with Crippen molar-refractivity contribution in [3.8, 4) is 0 Å². The summed E-state index contributed by atoms with van der Waals surface area (Å²) in [5.41, 5.74) is 8.77. The third-order valence-corrected chi connectivity index (χ3v) is 4.94. The number of likely N-dealkylation sites (tertiary alicyclic amines) is 1. The smallest absolute Gasteiger partial charge is 0.0761 e. The number of rotatable bonds is 1. The van der Waals surface area contributed by atoms with Crippen molar-refractivity contribution in [2.45, 2.75) is 31.3 Å². The molecule has 2 aromatic rings. The van der Waals surface area contributed by atoms with Crippen LogP contribution in [0.4, 0.5) is 0 Å². The Balaban J connectivity index is 2.15. The Morgan fingerprint density at radius 2 is 2.15 bits per heavy atom. The summed E-state index contributed by atoms with van der Waals surface area (Å²) in [4.78, 5) is 6.99. The fraction of sp³-hybridized carbons (Fsp3) is 0.438. The standard InChI is InChI=1S/C16H20BrN3/c1-20-10-3-2-6-14(18)16(20)12-7-8-13(17)11-5-4-9-19-15(11)12/h4-5,7-9,14,16H,2-3,6,10,18H2,1H3. The monoisotopic (exact) mass is 333 g/mol. The first kappa shape index (κ1) is 14.0. The molecular formula is C16H20BrN3. The Morgan fingerprint density at radius 3 is 3.00 bits per heavy atom. The topological polar surface area (TPSA) is 42.1 Å². The third-order valence-electron chi connectivity index (χ3n) is 4.25. The summed E-state index contributed by atoms with van der Waals surface area (Å²) >= 11 is 3.62. The molecule has 2 unspecified atom stereocenters. The molecule has 1 aromatic carbocycles. The van der Waals surface area contributed by atoms with Crippen LogP contribution in [0.2, 0.25) is 0 Å². The van der Waals surface area contributed by atoms with Gasteiger partial charge in [-0.1, -0.05) is 34.5 Å². The highest BCUT2D eigenvalue weighted by Crippen LogP contribution is 2.34. The van der Waals surface area contributed by atoms with Gasteiger partial charge >= 0.3 is 0 Å². The van der Waals surface area contributed by atoms with Crippen molar-refractivity contribution < 1.29 is 0 Å². The van der Waals surface area contributed by atoms with Crippen molar-refractivity contribution in [1.82, 2.24) is 9.88 Å². The highest BCUT2D eigenvalue weighted by molar-refractivity contribution is 9.10. The predicted octanol–water partition coefficient (Wildman–Crippen LogP) is 3.48. The maximum absolute atomic E-state index is 6.45. The van der Waals surface area contributed by atoms with Crippen LogP contribution in [-0.4, -0.2) is 29.5 Å². The lowest BCUT2D eigenvalue weighted by Gasteiger charge is -2.31. The van der Waals surface area contributed by atoms with Gasteiger partial charge in [0.25, 0.3) is 0 Å². The SMILES string of the molecule is CN1CCCCC(N)C1c1ccc(Br)c2cccnc12. The Labute approximate surface area is 128 Å². The van der Waals surface area contributed by atoms with E-state index in [1.807, 2.05) is 12.3 Å². The number of nitrogens with zero attached hydrogens (tertiary/aromatic N) is 2. The van der Waals surface area contributed by atoms with Crippen LogP contribution in [0.3, 0.4) is 0 Å². The minimum absolute atomic E-state index is 0.175. The average Bonchev–Trinajstić information content (AvgIpc) is 2.62. The van der Waals surface area contributed by atoms with Gasteiger partial charge in [-0.15, -0.1) is 0 Å². The molecule has 0 radical (unpaired) electrons. The molecule has 0 bridgehead atoms. The highest BCUT2D eigenvalue weighted by Gasteiger charge is 2.28. The van der Waals surface area contributed by atoms with Gasteiger partial charge in [-0.3, -0.25) is 9.88 Å². The molecule has 0 spiro atoms. The minimum atomic E-state index is 0.175. The fourth-order valence-electron chi connectivity index (χ4n) is 3.23. The fourth-order valence-corrected chi connectivity index (χ4v) is 3.68. The third kappa shape index (κ3) is 2.48. The number of pyridine rings is 1. The lowest BCUT2D eigenvalue weighted by Crippen LogP contribution is -2.37. The second-order valence-corrected chi connectivity index (χ2v) is 6.48. The summed E-state index contributed by atoms with van der Waals surface area (Å²) < 4.78 is 1.09. The lowest BCUT2D eigenvalue weighted by atomic mass is 9.94. The molecule has 1 aliphatic rings. The second kappa shape index (κ2) is 5.80. The van der Waals surface area contributed by atoms with Gasteiger partial charge in [0.2, 0.25) is 0 Å². The van der Waals surface area contributed by atoms with Gasteiger partial charge < -0.3 is 5.73 Å². The summed E-state index contributed by atoms with van der Waals surface area (Å²) in [5, 5.41) is 1.16. The van der Waals surface area contributed by atoms with Crippen molar-refractivity contribution in [3.05, 3.63) is 40.5 Å². The highest BCUT2D eigenvalue weighted by atomic mass is 79.9. The molecule has 2 heterocycles. The maximum atomic E-state index is 6.45. The summed E-state index contributed by atoms with van der Waals surface area (Å²) in [7, 11) is 2.17. The Kier molecular flexibility index (Phi) is 4.06. The summed E-state index contributed by atoms with van der Waals surface area (Å²) in [6.07, 6.45) is 5.38. The van der Waals surface area contributed by atoms with Gasteiger partial charge in [0.15, 0.2) is 0 Å². The zero-order valence-corrected chi connectivity index (χ0v) is 13.3. The van der Waals surface area contributed by atoms with Crippen molar-refractivity contribution in [2.75, 3.05) is 13.6 Å². The lowest BCUT2D eigenvalue weighted by molar-refractivity contribution is 0.231. The van der Waals surface area contributed by atoms with E-state index >= 15 is 0 Å². The van der Waals surface area contributed by atoms with E-state index < -0.39 is 0 Å². The molecule has 20 heavy (non-hydrogen) atoms. The first-order chi connectivity index (χ1) is 9.68. The van der Waals surface area contributed by atoms with E-state index in [-0.39, 0.29) is 12.1 Å². The Hall–Kier alpha value is -0.970. The molecule has 2 atom stereocenters. The number of hydrogen-bond acceptors (Lipinski definition) is 3. The van der Waals surface area contributed by atoms with Gasteiger partial charge in [-0.25, -0.2) is 0 Å². The second-order valence-electron chi connectivity index (χ2n) is 5.62. The molecule has 1 aliphatic heterocycles. The summed E-state index contributed by atoms with van der Waals surface area (Å²) in [6, 6.07) is 8.80. The summed E-state index contributed by atoms with van der Waals surface area (Å²) in [6.45, 7) is 1.10. The zero-order valence-electron chi connectivity index (χ0n) is 11.7. The van der Waals surface area contributed by atoms with Crippen molar-refractivity contribution in [1.29, 1.82) is 0 Å². The molecule has 3 nitrogen and oxygen atoms in total. The van der Waals surface area contributed by atoms with Crippen LogP contribution in [0.25, 0.3) is 10.9 Å². The molecule has 106 valence electrons. The van der Waals surface area contributed by atoms with Crippen LogP contribution < -0.4 is 5.73 Å². The number of nitrogens with two attached hydrogens (primary N) is 1. The molecule has 1 aromatic heterocycles. The van der Waals surface area contributed by atoms with Gasteiger partial charge in [-0.2, -0.15) is 0 Å². The molecule has 3 rings (SSSR count). The molecule has 0 aliphatic carbocycles. The van der Waals surface area contributed by atoms with Gasteiger partial charge in [0.05, 0.1) is 11.6 Å². The minimum Gasteiger partial charge on any atom is -0.326 e. The predicted molar refractivity (Wildman–Crippen MR) is 86.6 cm³/mol. The van der Waals surface area contributed by atoms with Crippen LogP contribution in [0.15, 0.2) is 34.9 Å². The first-order valence-electron chi connectivity index (χ1n) is 7.17. The maximum Gasteiger partial charge on any atom is 0.0761 e. The van der Waals surface area contributed by atoms with E-state index in [2.05, 4.69) is 51.1 Å². The zero-order chi connectivity index (χ0) is 14.1. The van der Waals surface area contributed by atoms with Gasteiger partial charge in [-0.05, 0) is 44.1 Å². The Morgan fingerprint density at radius 1 is 1.30 bits per heavy atom. The van der Waals surface area contributed by atoms with Crippen molar-refractivity contribution >= 4 is 26.8 Å². The van der Waals surface area contributed by atoms with E-state index in [9.17, 15) is 0 Å².